The highest BCUT2D eigenvalue weighted by molar-refractivity contribution is 6.04. The van der Waals surface area contributed by atoms with Crippen LogP contribution in [0.5, 0.6) is 11.5 Å². The summed E-state index contributed by atoms with van der Waals surface area (Å²) < 4.78 is 28.0. The molecule has 0 saturated heterocycles. The molecule has 188 valence electrons. The number of likely N-dealkylation sites (N-methyl/N-ethyl adjacent to an activating group) is 1. The zero-order valence-corrected chi connectivity index (χ0v) is 20.8. The van der Waals surface area contributed by atoms with Gasteiger partial charge in [0.1, 0.15) is 5.76 Å². The lowest BCUT2D eigenvalue weighted by atomic mass is 9.87. The van der Waals surface area contributed by atoms with E-state index in [9.17, 15) is 9.59 Å². The van der Waals surface area contributed by atoms with Crippen LogP contribution in [0.1, 0.15) is 30.4 Å². The van der Waals surface area contributed by atoms with E-state index in [0.717, 1.165) is 24.1 Å². The van der Waals surface area contributed by atoms with Gasteiger partial charge in [-0.05, 0) is 56.8 Å². The minimum atomic E-state index is -1.63. The topological polar surface area (TPSA) is 86.8 Å². The summed E-state index contributed by atoms with van der Waals surface area (Å²) in [6.45, 7) is 3.11. The molecular formula is C26H32N2O7. The largest absolute Gasteiger partial charge is 0.497 e. The molecule has 0 spiro atoms. The van der Waals surface area contributed by atoms with Crippen molar-refractivity contribution in [3.05, 3.63) is 35.1 Å². The predicted octanol–water partition coefficient (Wildman–Crippen LogP) is 1.70. The normalized spacial score (nSPS) is 24.4. The molecule has 9 nitrogen and oxygen atoms in total. The molecule has 35 heavy (non-hydrogen) atoms. The Kier molecular flexibility index (Phi) is 6.97. The smallest absolute Gasteiger partial charge is 0.338 e. The molecule has 1 aromatic carbocycles. The molecule has 0 bridgehead atoms. The number of ether oxygens (including phenoxy) is 5. The van der Waals surface area contributed by atoms with Crippen molar-refractivity contribution >= 4 is 11.9 Å². The second-order valence-corrected chi connectivity index (χ2v) is 9.22. The number of fused-ring (bicyclic) bond motifs is 4. The van der Waals surface area contributed by atoms with Gasteiger partial charge in [-0.1, -0.05) is 0 Å². The first kappa shape index (κ1) is 24.9. The fourth-order valence-corrected chi connectivity index (χ4v) is 5.00. The summed E-state index contributed by atoms with van der Waals surface area (Å²) in [5.74, 6) is 2.89. The average molecular weight is 485 g/mol. The molecular weight excluding hydrogens is 452 g/mol. The van der Waals surface area contributed by atoms with E-state index in [4.69, 9.17) is 30.1 Å². The van der Waals surface area contributed by atoms with Crippen LogP contribution in [0.2, 0.25) is 0 Å². The van der Waals surface area contributed by atoms with Crippen molar-refractivity contribution in [2.75, 3.05) is 48.2 Å². The molecule has 0 saturated carbocycles. The molecule has 4 rings (SSSR count). The van der Waals surface area contributed by atoms with Crippen LogP contribution < -0.4 is 9.47 Å². The van der Waals surface area contributed by atoms with Crippen LogP contribution >= 0.6 is 0 Å². The maximum atomic E-state index is 13.5. The zero-order chi connectivity index (χ0) is 25.3. The number of benzene rings is 1. The van der Waals surface area contributed by atoms with E-state index in [2.05, 4.69) is 10.8 Å². The Balaban J connectivity index is 1.77. The highest BCUT2D eigenvalue weighted by atomic mass is 16.7. The van der Waals surface area contributed by atoms with E-state index in [1.807, 2.05) is 18.2 Å². The van der Waals surface area contributed by atoms with Gasteiger partial charge in [-0.15, -0.1) is 12.3 Å². The van der Waals surface area contributed by atoms with E-state index < -0.39 is 23.6 Å². The minimum Gasteiger partial charge on any atom is -0.497 e. The Morgan fingerprint density at radius 1 is 1.23 bits per heavy atom. The first-order chi connectivity index (χ1) is 16.8. The fourth-order valence-electron chi connectivity index (χ4n) is 5.00. The number of rotatable bonds is 7. The van der Waals surface area contributed by atoms with E-state index in [1.54, 1.807) is 21.2 Å². The molecule has 9 heteroatoms. The molecule has 4 atom stereocenters. The first-order valence-corrected chi connectivity index (χ1v) is 11.6. The molecule has 0 amide bonds. The lowest BCUT2D eigenvalue weighted by Gasteiger charge is -2.35. The molecule has 2 heterocycles. The highest BCUT2D eigenvalue weighted by Gasteiger charge is 2.52. The third kappa shape index (κ3) is 4.21. The third-order valence-corrected chi connectivity index (χ3v) is 7.28. The summed E-state index contributed by atoms with van der Waals surface area (Å²) in [7, 11) is 6.06. The Bertz CT molecular complexity index is 1080. The van der Waals surface area contributed by atoms with Crippen molar-refractivity contribution in [3.8, 4) is 23.8 Å². The van der Waals surface area contributed by atoms with Gasteiger partial charge < -0.3 is 23.7 Å². The molecule has 1 aromatic rings. The van der Waals surface area contributed by atoms with Gasteiger partial charge in [-0.2, -0.15) is 0 Å². The summed E-state index contributed by atoms with van der Waals surface area (Å²) in [6, 6.07) is 3.85. The Hall–Kier alpha value is -3.22. The first-order valence-electron chi connectivity index (χ1n) is 11.6. The molecule has 0 unspecified atom stereocenters. The van der Waals surface area contributed by atoms with Gasteiger partial charge in [0, 0.05) is 31.5 Å². The Morgan fingerprint density at radius 2 is 1.94 bits per heavy atom. The summed E-state index contributed by atoms with van der Waals surface area (Å²) in [4.78, 5) is 29.9. The van der Waals surface area contributed by atoms with Crippen molar-refractivity contribution in [1.29, 1.82) is 0 Å². The SMILES string of the molecule is C#CCCN1CCc2cc3c(cc2[C@@H]2[C@H](OC(=O)[C@@](C)(C(=O)OC)N(C)C)C(OC)=C[C@@H]21)OCO3. The lowest BCUT2D eigenvalue weighted by molar-refractivity contribution is -0.174. The second-order valence-electron chi connectivity index (χ2n) is 9.22. The van der Waals surface area contributed by atoms with Gasteiger partial charge >= 0.3 is 11.9 Å². The van der Waals surface area contributed by atoms with Gasteiger partial charge in [0.05, 0.1) is 14.2 Å². The summed E-state index contributed by atoms with van der Waals surface area (Å²) >= 11 is 0. The van der Waals surface area contributed by atoms with E-state index >= 15 is 0 Å². The summed E-state index contributed by atoms with van der Waals surface area (Å²) in [5.41, 5.74) is 0.452. The van der Waals surface area contributed by atoms with Crippen molar-refractivity contribution in [2.45, 2.75) is 43.4 Å². The van der Waals surface area contributed by atoms with Gasteiger partial charge in [-0.3, -0.25) is 9.80 Å². The van der Waals surface area contributed by atoms with Crippen molar-refractivity contribution < 1.29 is 33.3 Å². The summed E-state index contributed by atoms with van der Waals surface area (Å²) in [5, 5.41) is 0. The number of hydrogen-bond donors (Lipinski definition) is 0. The zero-order valence-electron chi connectivity index (χ0n) is 20.8. The quantitative estimate of drug-likeness (QED) is 0.326. The number of nitrogens with zero attached hydrogens (tertiary/aromatic N) is 2. The van der Waals surface area contributed by atoms with Gasteiger partial charge in [-0.25, -0.2) is 9.59 Å². The molecule has 1 aliphatic carbocycles. The predicted molar refractivity (Wildman–Crippen MR) is 127 cm³/mol. The molecule has 2 aliphatic heterocycles. The van der Waals surface area contributed by atoms with E-state index in [-0.39, 0.29) is 18.8 Å². The van der Waals surface area contributed by atoms with Gasteiger partial charge in [0.15, 0.2) is 17.6 Å². The number of terminal acetylenes is 1. The maximum absolute atomic E-state index is 13.5. The van der Waals surface area contributed by atoms with Crippen LogP contribution in [0.4, 0.5) is 0 Å². The molecule has 3 aliphatic rings. The van der Waals surface area contributed by atoms with Crippen LogP contribution in [-0.2, 0) is 30.2 Å². The van der Waals surface area contributed by atoms with Crippen LogP contribution in [0.15, 0.2) is 24.0 Å². The Morgan fingerprint density at radius 3 is 2.57 bits per heavy atom. The fraction of sp³-hybridized carbons (Fsp3) is 0.538. The third-order valence-electron chi connectivity index (χ3n) is 7.28. The van der Waals surface area contributed by atoms with Crippen LogP contribution in [0.25, 0.3) is 0 Å². The summed E-state index contributed by atoms with van der Waals surface area (Å²) in [6.07, 6.45) is 8.16. The molecule has 0 aromatic heterocycles. The Labute approximate surface area is 205 Å². The molecule has 0 N–H and O–H groups in total. The number of carbonyl (C=O) groups excluding carboxylic acids is 2. The average Bonchev–Trinajstić information content (AvgIpc) is 3.42. The van der Waals surface area contributed by atoms with Crippen LogP contribution in [0.3, 0.4) is 0 Å². The number of carbonyl (C=O) groups is 2. The van der Waals surface area contributed by atoms with Crippen molar-refractivity contribution in [3.63, 3.8) is 0 Å². The monoisotopic (exact) mass is 484 g/mol. The second kappa shape index (κ2) is 9.80. The molecule has 0 fully saturated rings. The van der Waals surface area contributed by atoms with Crippen molar-refractivity contribution in [2.24, 2.45) is 0 Å². The van der Waals surface area contributed by atoms with Crippen LogP contribution in [-0.4, -0.2) is 87.6 Å². The number of esters is 2. The highest BCUT2D eigenvalue weighted by Crippen LogP contribution is 2.47. The van der Waals surface area contributed by atoms with E-state index in [1.165, 1.54) is 18.9 Å². The lowest BCUT2D eigenvalue weighted by Crippen LogP contribution is -2.57. The standard InChI is InChI=1S/C26H32N2O7/c1-7-8-10-28-11-9-16-12-19-20(34-15-33-19)13-17(16)22-18(28)14-21(31-5)23(22)35-25(30)26(2,27(3)4)24(29)32-6/h1,12-14,18,22-23H,8-11,15H2,2-6H3/t18-,22-,23+,26+/m0/s1. The van der Waals surface area contributed by atoms with Crippen molar-refractivity contribution in [1.82, 2.24) is 9.80 Å². The minimum absolute atomic E-state index is 0.124. The maximum Gasteiger partial charge on any atom is 0.338 e. The van der Waals surface area contributed by atoms with Gasteiger partial charge in [0.2, 0.25) is 12.3 Å². The van der Waals surface area contributed by atoms with Crippen LogP contribution in [0, 0.1) is 12.3 Å². The number of hydrogen-bond acceptors (Lipinski definition) is 9. The van der Waals surface area contributed by atoms with Gasteiger partial charge in [0.25, 0.3) is 0 Å². The molecule has 0 radical (unpaired) electrons. The van der Waals surface area contributed by atoms with E-state index in [0.29, 0.717) is 30.2 Å². The number of methoxy groups -OCH3 is 2.